The minimum atomic E-state index is -3.43. The number of esters is 1. The molecular formula is C25H29Cl2N5O5S2. The first-order chi connectivity index (χ1) is 18.5. The number of sulfone groups is 1. The van der Waals surface area contributed by atoms with Crippen LogP contribution in [0.5, 0.6) is 0 Å². The van der Waals surface area contributed by atoms with Crippen LogP contribution in [0.15, 0.2) is 46.0 Å². The number of benzene rings is 1. The number of aromatic nitrogens is 1. The predicted molar refractivity (Wildman–Crippen MR) is 152 cm³/mol. The molecule has 10 nitrogen and oxygen atoms in total. The van der Waals surface area contributed by atoms with E-state index in [0.717, 1.165) is 0 Å². The highest BCUT2D eigenvalue weighted by atomic mass is 35.5. The van der Waals surface area contributed by atoms with E-state index in [0.29, 0.717) is 32.1 Å². The van der Waals surface area contributed by atoms with Gasteiger partial charge in [-0.1, -0.05) is 29.3 Å². The Hall–Kier alpha value is -2.51. The highest BCUT2D eigenvalue weighted by molar-refractivity contribution is 7.91. The van der Waals surface area contributed by atoms with E-state index in [1.165, 1.54) is 11.3 Å². The molecule has 4 rings (SSSR count). The van der Waals surface area contributed by atoms with Crippen molar-refractivity contribution in [2.24, 2.45) is 4.99 Å². The lowest BCUT2D eigenvalue weighted by Crippen LogP contribution is -2.57. The van der Waals surface area contributed by atoms with Crippen molar-refractivity contribution in [3.63, 3.8) is 0 Å². The summed E-state index contributed by atoms with van der Waals surface area (Å²) in [5.41, 5.74) is 1.16. The Kier molecular flexibility index (Phi) is 9.33. The zero-order valence-electron chi connectivity index (χ0n) is 21.6. The van der Waals surface area contributed by atoms with Gasteiger partial charge >= 0.3 is 5.97 Å². The van der Waals surface area contributed by atoms with Crippen molar-refractivity contribution in [1.29, 1.82) is 0 Å². The first-order valence-electron chi connectivity index (χ1n) is 12.3. The molecule has 3 heterocycles. The van der Waals surface area contributed by atoms with Crippen LogP contribution >= 0.6 is 34.5 Å². The van der Waals surface area contributed by atoms with Gasteiger partial charge in [-0.2, -0.15) is 0 Å². The summed E-state index contributed by atoms with van der Waals surface area (Å²) in [6.07, 6.45) is 1.64. The monoisotopic (exact) mass is 613 g/mol. The molecule has 0 saturated carbocycles. The van der Waals surface area contributed by atoms with Gasteiger partial charge in [0.25, 0.3) is 0 Å². The molecule has 14 heteroatoms. The van der Waals surface area contributed by atoms with Gasteiger partial charge < -0.3 is 15.4 Å². The van der Waals surface area contributed by atoms with E-state index < -0.39 is 33.8 Å². The molecule has 1 saturated heterocycles. The Balaban J connectivity index is 1.82. The molecule has 0 radical (unpaired) electrons. The molecule has 1 fully saturated rings. The fourth-order valence-electron chi connectivity index (χ4n) is 4.42. The molecule has 39 heavy (non-hydrogen) atoms. The number of hydrogen-bond acceptors (Lipinski definition) is 10. The van der Waals surface area contributed by atoms with Crippen molar-refractivity contribution in [3.05, 3.63) is 61.7 Å². The second kappa shape index (κ2) is 12.3. The Bertz CT molecular complexity index is 1410. The van der Waals surface area contributed by atoms with Crippen LogP contribution in [-0.4, -0.2) is 79.3 Å². The number of nitrogens with zero attached hydrogens (tertiary/aromatic N) is 3. The maximum atomic E-state index is 13.4. The van der Waals surface area contributed by atoms with Crippen LogP contribution in [0.4, 0.5) is 0 Å². The molecule has 0 bridgehead atoms. The van der Waals surface area contributed by atoms with E-state index in [4.69, 9.17) is 32.9 Å². The molecule has 210 valence electrons. The van der Waals surface area contributed by atoms with E-state index in [1.54, 1.807) is 55.4 Å². The molecule has 1 amide bonds. The molecular weight excluding hydrogens is 585 g/mol. The molecule has 2 unspecified atom stereocenters. The summed E-state index contributed by atoms with van der Waals surface area (Å²) >= 11 is 14.1. The number of amides is 1. The van der Waals surface area contributed by atoms with E-state index in [-0.39, 0.29) is 42.8 Å². The van der Waals surface area contributed by atoms with E-state index >= 15 is 0 Å². The fraction of sp³-hybridized carbons (Fsp3) is 0.440. The van der Waals surface area contributed by atoms with Gasteiger partial charge in [0, 0.05) is 52.0 Å². The van der Waals surface area contributed by atoms with Crippen LogP contribution in [0, 0.1) is 0 Å². The Morgan fingerprint density at radius 2 is 2.08 bits per heavy atom. The van der Waals surface area contributed by atoms with E-state index in [1.807, 2.05) is 0 Å². The molecule has 0 spiro atoms. The summed E-state index contributed by atoms with van der Waals surface area (Å²) in [4.78, 5) is 37.4. The number of thiazole rings is 1. The van der Waals surface area contributed by atoms with Crippen molar-refractivity contribution < 1.29 is 22.7 Å². The van der Waals surface area contributed by atoms with Crippen LogP contribution in [0.2, 0.25) is 10.0 Å². The highest BCUT2D eigenvalue weighted by Gasteiger charge is 2.40. The topological polar surface area (TPSA) is 130 Å². The Morgan fingerprint density at radius 3 is 2.72 bits per heavy atom. The van der Waals surface area contributed by atoms with Gasteiger partial charge in [0.15, 0.2) is 20.7 Å². The van der Waals surface area contributed by atoms with Crippen LogP contribution in [0.3, 0.4) is 0 Å². The largest absolute Gasteiger partial charge is 0.463 e. The second-order valence-electron chi connectivity index (χ2n) is 9.38. The lowest BCUT2D eigenvalue weighted by atomic mass is 9.95. The lowest BCUT2D eigenvalue weighted by molar-refractivity contribution is -0.139. The standard InChI is InChI=1S/C25H29Cl2N5O5S2/c1-4-37-25(34)20-18(12-32-8-10-39(35,36)13-19(32)23(33)29-14(2)3)30-22(24-28-7-9-38-24)31-21(20)16-6-5-15(26)11-17(16)27/h5-7,9,11,14,19,21H,4,8,10,12-13H2,1-3H3,(H,29,33)(H,30,31). The maximum absolute atomic E-state index is 13.4. The van der Waals surface area contributed by atoms with Gasteiger partial charge in [-0.25, -0.2) is 18.2 Å². The number of carbonyl (C=O) groups is 2. The molecule has 2 atom stereocenters. The second-order valence-corrected chi connectivity index (χ2v) is 13.4. The third kappa shape index (κ3) is 6.98. The maximum Gasteiger partial charge on any atom is 0.338 e. The molecule has 1 aromatic carbocycles. The number of carbonyl (C=O) groups excluding carboxylic acids is 2. The average Bonchev–Trinajstić information content (AvgIpc) is 3.39. The summed E-state index contributed by atoms with van der Waals surface area (Å²) < 4.78 is 30.4. The minimum absolute atomic E-state index is 0.0615. The Morgan fingerprint density at radius 1 is 1.31 bits per heavy atom. The molecule has 1 aromatic heterocycles. The van der Waals surface area contributed by atoms with E-state index in [2.05, 4.69) is 15.6 Å². The average molecular weight is 615 g/mol. The van der Waals surface area contributed by atoms with Crippen LogP contribution in [-0.2, 0) is 24.2 Å². The zero-order chi connectivity index (χ0) is 28.3. The number of halogens is 2. The zero-order valence-corrected chi connectivity index (χ0v) is 24.8. The third-order valence-electron chi connectivity index (χ3n) is 6.15. The predicted octanol–water partition coefficient (Wildman–Crippen LogP) is 2.98. The van der Waals surface area contributed by atoms with Gasteiger partial charge in [-0.3, -0.25) is 14.7 Å². The Labute approximate surface area is 241 Å². The summed E-state index contributed by atoms with van der Waals surface area (Å²) in [5.74, 6) is -1.02. The lowest BCUT2D eigenvalue weighted by Gasteiger charge is -2.37. The van der Waals surface area contributed by atoms with Gasteiger partial charge in [-0.15, -0.1) is 11.3 Å². The van der Waals surface area contributed by atoms with Crippen LogP contribution in [0.1, 0.15) is 37.4 Å². The number of hydrogen-bond donors (Lipinski definition) is 2. The summed E-state index contributed by atoms with van der Waals surface area (Å²) in [5, 5.41) is 9.17. The van der Waals surface area contributed by atoms with Crippen molar-refractivity contribution in [2.45, 2.75) is 38.9 Å². The number of aliphatic imine (C=N–C) groups is 1. The van der Waals surface area contributed by atoms with Gasteiger partial charge in [0.1, 0.15) is 12.1 Å². The quantitative estimate of drug-likeness (QED) is 0.435. The van der Waals surface area contributed by atoms with Gasteiger partial charge in [0.2, 0.25) is 5.91 Å². The number of nitrogens with one attached hydrogen (secondary N) is 2. The summed E-state index contributed by atoms with van der Waals surface area (Å²) in [6, 6.07) is 2.96. The fourth-order valence-corrected chi connectivity index (χ4v) is 7.05. The summed E-state index contributed by atoms with van der Waals surface area (Å²) in [6.45, 7) is 5.61. The molecule has 2 aliphatic rings. The molecule has 2 aromatic rings. The molecule has 2 aliphatic heterocycles. The van der Waals surface area contributed by atoms with Crippen molar-refractivity contribution >= 4 is 62.1 Å². The SMILES string of the molecule is CCOC(=O)C1=C(CN2CCS(=O)(=O)CC2C(=O)NC(C)C)NC(c2nccs2)=NC1c1ccc(Cl)cc1Cl. The van der Waals surface area contributed by atoms with Crippen molar-refractivity contribution in [1.82, 2.24) is 20.5 Å². The number of rotatable bonds is 8. The third-order valence-corrected chi connectivity index (χ3v) is 9.12. The smallest absolute Gasteiger partial charge is 0.338 e. The first-order valence-corrected chi connectivity index (χ1v) is 15.8. The van der Waals surface area contributed by atoms with Crippen molar-refractivity contribution in [2.75, 3.05) is 31.2 Å². The molecule has 0 aliphatic carbocycles. The minimum Gasteiger partial charge on any atom is -0.463 e. The van der Waals surface area contributed by atoms with Crippen molar-refractivity contribution in [3.8, 4) is 0 Å². The van der Waals surface area contributed by atoms with E-state index in [9.17, 15) is 18.0 Å². The first kappa shape index (κ1) is 29.5. The number of amidine groups is 1. The van der Waals surface area contributed by atoms with Gasteiger partial charge in [0.05, 0.1) is 23.7 Å². The summed E-state index contributed by atoms with van der Waals surface area (Å²) in [7, 11) is -3.43. The van der Waals surface area contributed by atoms with Gasteiger partial charge in [-0.05, 0) is 32.9 Å². The normalized spacial score (nSPS) is 21.3. The van der Waals surface area contributed by atoms with Crippen LogP contribution in [0.25, 0.3) is 0 Å². The van der Waals surface area contributed by atoms with Crippen LogP contribution < -0.4 is 10.6 Å². The highest BCUT2D eigenvalue weighted by Crippen LogP contribution is 2.37. The number of ether oxygens (including phenoxy) is 1. The molecule has 2 N–H and O–H groups in total.